The zero-order chi connectivity index (χ0) is 15.7. The van der Waals surface area contributed by atoms with E-state index in [1.807, 2.05) is 4.90 Å². The van der Waals surface area contributed by atoms with Crippen LogP contribution in [0.5, 0.6) is 0 Å². The number of nitrogens with one attached hydrogen (secondary N) is 1. The maximum absolute atomic E-state index is 12.3. The molecule has 0 spiro atoms. The number of hydrogen-bond donors (Lipinski definition) is 1. The third-order valence-electron chi connectivity index (χ3n) is 3.49. The van der Waals surface area contributed by atoms with Crippen LogP contribution >= 0.6 is 0 Å². The molecule has 1 amide bonds. The van der Waals surface area contributed by atoms with Gasteiger partial charge in [0.1, 0.15) is 18.3 Å². The Hall–Kier alpha value is -2.39. The highest BCUT2D eigenvalue weighted by Gasteiger charge is 2.34. The molecule has 1 fully saturated rings. The predicted octanol–water partition coefficient (Wildman–Crippen LogP) is 0.954. The zero-order valence-electron chi connectivity index (χ0n) is 11.5. The molecule has 2 aromatic heterocycles. The van der Waals surface area contributed by atoms with Crippen LogP contribution in [0.25, 0.3) is 11.2 Å². The first-order valence-corrected chi connectivity index (χ1v) is 6.67. The van der Waals surface area contributed by atoms with Crippen LogP contribution in [0.4, 0.5) is 19.0 Å². The molecule has 0 bridgehead atoms. The van der Waals surface area contributed by atoms with Gasteiger partial charge in [-0.15, -0.1) is 0 Å². The molecule has 1 aliphatic heterocycles. The number of nitrogens with zero attached hydrogens (tertiary/aromatic N) is 5. The number of amides is 1. The van der Waals surface area contributed by atoms with Crippen molar-refractivity contribution in [2.45, 2.75) is 12.6 Å². The van der Waals surface area contributed by atoms with E-state index in [4.69, 9.17) is 0 Å². The van der Waals surface area contributed by atoms with Crippen LogP contribution in [-0.4, -0.2) is 63.1 Å². The first-order valence-electron chi connectivity index (χ1n) is 6.67. The van der Waals surface area contributed by atoms with Crippen molar-refractivity contribution < 1.29 is 18.0 Å². The van der Waals surface area contributed by atoms with Gasteiger partial charge in [0.15, 0.2) is 11.5 Å². The van der Waals surface area contributed by atoms with E-state index in [1.54, 1.807) is 0 Å². The number of imidazole rings is 1. The van der Waals surface area contributed by atoms with Gasteiger partial charge in [0.05, 0.1) is 6.33 Å². The van der Waals surface area contributed by atoms with E-state index in [1.165, 1.54) is 17.6 Å². The lowest BCUT2D eigenvalue weighted by Crippen LogP contribution is -2.49. The van der Waals surface area contributed by atoms with E-state index >= 15 is 0 Å². The van der Waals surface area contributed by atoms with Gasteiger partial charge in [0, 0.05) is 26.2 Å². The smallest absolute Gasteiger partial charge is 0.351 e. The second kappa shape index (κ2) is 5.43. The Morgan fingerprint density at radius 2 is 1.91 bits per heavy atom. The van der Waals surface area contributed by atoms with Crippen molar-refractivity contribution in [2.24, 2.45) is 0 Å². The highest BCUT2D eigenvalue weighted by molar-refractivity contribution is 5.83. The summed E-state index contributed by atoms with van der Waals surface area (Å²) in [4.78, 5) is 29.9. The quantitative estimate of drug-likeness (QED) is 0.893. The van der Waals surface area contributed by atoms with Gasteiger partial charge >= 0.3 is 6.18 Å². The monoisotopic (exact) mass is 314 g/mol. The summed E-state index contributed by atoms with van der Waals surface area (Å²) in [5.41, 5.74) is 1.21. The number of fused-ring (bicyclic) bond motifs is 1. The highest BCUT2D eigenvalue weighted by atomic mass is 19.4. The van der Waals surface area contributed by atoms with Crippen LogP contribution in [0, 0.1) is 0 Å². The van der Waals surface area contributed by atoms with Gasteiger partial charge in [-0.3, -0.25) is 4.79 Å². The Morgan fingerprint density at radius 1 is 1.18 bits per heavy atom. The molecule has 1 N–H and O–H groups in total. The van der Waals surface area contributed by atoms with Crippen molar-refractivity contribution in [3.05, 3.63) is 12.7 Å². The molecule has 7 nitrogen and oxygen atoms in total. The van der Waals surface area contributed by atoms with Crippen molar-refractivity contribution in [2.75, 3.05) is 31.1 Å². The molecule has 1 aliphatic rings. The van der Waals surface area contributed by atoms with Gasteiger partial charge in [0.25, 0.3) is 0 Å². The lowest BCUT2D eigenvalue weighted by atomic mass is 10.2. The van der Waals surface area contributed by atoms with Crippen molar-refractivity contribution >= 4 is 22.9 Å². The van der Waals surface area contributed by atoms with E-state index in [0.717, 1.165) is 0 Å². The lowest BCUT2D eigenvalue weighted by Gasteiger charge is -2.35. The van der Waals surface area contributed by atoms with Crippen LogP contribution in [0.3, 0.4) is 0 Å². The summed E-state index contributed by atoms with van der Waals surface area (Å²) >= 11 is 0. The van der Waals surface area contributed by atoms with Crippen molar-refractivity contribution in [3.8, 4) is 0 Å². The molecule has 10 heteroatoms. The summed E-state index contributed by atoms with van der Waals surface area (Å²) in [6.07, 6.45) is -2.99. The minimum atomic E-state index is -4.47. The largest absolute Gasteiger partial charge is 0.397 e. The number of anilines is 1. The SMILES string of the molecule is O=C(CC(F)(F)F)N1CCN(c2ncnc3nc[nH]c23)CC1. The maximum Gasteiger partial charge on any atom is 0.397 e. The molecule has 2 aromatic rings. The lowest BCUT2D eigenvalue weighted by molar-refractivity contribution is -0.161. The fourth-order valence-electron chi connectivity index (χ4n) is 2.44. The molecule has 0 saturated carbocycles. The third-order valence-corrected chi connectivity index (χ3v) is 3.49. The minimum Gasteiger partial charge on any atom is -0.351 e. The number of carbonyl (C=O) groups is 1. The van der Waals surface area contributed by atoms with Gasteiger partial charge in [-0.05, 0) is 0 Å². The van der Waals surface area contributed by atoms with Crippen LogP contribution < -0.4 is 4.90 Å². The summed E-state index contributed by atoms with van der Waals surface area (Å²) < 4.78 is 36.8. The molecular weight excluding hydrogens is 301 g/mol. The molecule has 3 rings (SSSR count). The molecule has 22 heavy (non-hydrogen) atoms. The topological polar surface area (TPSA) is 78.0 Å². The number of rotatable bonds is 2. The van der Waals surface area contributed by atoms with E-state index < -0.39 is 18.5 Å². The van der Waals surface area contributed by atoms with Gasteiger partial charge in [-0.2, -0.15) is 13.2 Å². The van der Waals surface area contributed by atoms with Crippen LogP contribution in [0.2, 0.25) is 0 Å². The molecule has 0 aromatic carbocycles. The van der Waals surface area contributed by atoms with E-state index in [-0.39, 0.29) is 13.1 Å². The predicted molar refractivity (Wildman–Crippen MR) is 71.1 cm³/mol. The van der Waals surface area contributed by atoms with E-state index in [2.05, 4.69) is 19.9 Å². The number of aromatic nitrogens is 4. The fraction of sp³-hybridized carbons (Fsp3) is 0.500. The van der Waals surface area contributed by atoms with Crippen molar-refractivity contribution in [1.29, 1.82) is 0 Å². The Morgan fingerprint density at radius 3 is 2.59 bits per heavy atom. The normalized spacial score (nSPS) is 16.3. The number of halogens is 3. The number of aromatic amines is 1. The Balaban J connectivity index is 1.67. The van der Waals surface area contributed by atoms with Crippen LogP contribution in [-0.2, 0) is 4.79 Å². The second-order valence-corrected chi connectivity index (χ2v) is 4.96. The molecular formula is C12H13F3N6O. The van der Waals surface area contributed by atoms with Crippen LogP contribution in [0.1, 0.15) is 6.42 Å². The van der Waals surface area contributed by atoms with Crippen molar-refractivity contribution in [3.63, 3.8) is 0 Å². The van der Waals surface area contributed by atoms with Crippen LogP contribution in [0.15, 0.2) is 12.7 Å². The number of alkyl halides is 3. The highest BCUT2D eigenvalue weighted by Crippen LogP contribution is 2.23. The fourth-order valence-corrected chi connectivity index (χ4v) is 2.44. The number of H-pyrrole nitrogens is 1. The average molecular weight is 314 g/mol. The summed E-state index contributed by atoms with van der Waals surface area (Å²) in [5, 5.41) is 0. The molecule has 118 valence electrons. The summed E-state index contributed by atoms with van der Waals surface area (Å²) in [6.45, 7) is 1.28. The van der Waals surface area contributed by atoms with Gasteiger partial charge in [0.2, 0.25) is 5.91 Å². The van der Waals surface area contributed by atoms with E-state index in [9.17, 15) is 18.0 Å². The summed E-state index contributed by atoms with van der Waals surface area (Å²) in [6, 6.07) is 0. The summed E-state index contributed by atoms with van der Waals surface area (Å²) in [7, 11) is 0. The summed E-state index contributed by atoms with van der Waals surface area (Å²) in [5.74, 6) is -0.244. The number of piperazine rings is 1. The number of carbonyl (C=O) groups excluding carboxylic acids is 1. The van der Waals surface area contributed by atoms with Gasteiger partial charge < -0.3 is 14.8 Å². The second-order valence-electron chi connectivity index (χ2n) is 4.96. The first-order chi connectivity index (χ1) is 10.4. The number of hydrogen-bond acceptors (Lipinski definition) is 5. The molecule has 3 heterocycles. The molecule has 1 saturated heterocycles. The van der Waals surface area contributed by atoms with Crippen molar-refractivity contribution in [1.82, 2.24) is 24.8 Å². The average Bonchev–Trinajstić information content (AvgIpc) is 2.94. The first kappa shape index (κ1) is 14.5. The molecule has 0 radical (unpaired) electrons. The third kappa shape index (κ3) is 2.95. The molecule has 0 aliphatic carbocycles. The standard InChI is InChI=1S/C12H13F3N6O/c13-12(14,15)5-8(22)20-1-3-21(4-2-20)11-9-10(17-6-16-9)18-7-19-11/h6-7H,1-5H2,(H,16,17,18,19). The van der Waals surface area contributed by atoms with Gasteiger partial charge in [-0.1, -0.05) is 0 Å². The Bertz CT molecular complexity index is 677. The zero-order valence-corrected chi connectivity index (χ0v) is 11.5. The van der Waals surface area contributed by atoms with Gasteiger partial charge in [-0.25, -0.2) is 15.0 Å². The molecule has 0 unspecified atom stereocenters. The minimum absolute atomic E-state index is 0.231. The Labute approximate surface area is 123 Å². The van der Waals surface area contributed by atoms with E-state index in [0.29, 0.717) is 30.1 Å². The molecule has 0 atom stereocenters. The Kier molecular flexibility index (Phi) is 3.59. The maximum atomic E-state index is 12.3.